The van der Waals surface area contributed by atoms with Crippen LogP contribution in [0.25, 0.3) is 0 Å². The molecule has 4 aliphatic carbocycles. The van der Waals surface area contributed by atoms with Gasteiger partial charge in [0.15, 0.2) is 6.29 Å². The summed E-state index contributed by atoms with van der Waals surface area (Å²) in [5.41, 5.74) is -0.0780. The maximum absolute atomic E-state index is 10.5. The van der Waals surface area contributed by atoms with Gasteiger partial charge in [-0.3, -0.25) is 0 Å². The molecule has 2 bridgehead atoms. The molecule has 0 aromatic rings. The first-order valence-electron chi connectivity index (χ1n) is 16.2. The molecule has 2 saturated heterocycles. The molecule has 4 fully saturated rings. The van der Waals surface area contributed by atoms with Crippen LogP contribution < -0.4 is 0 Å². The lowest BCUT2D eigenvalue weighted by Crippen LogP contribution is -2.69. The first-order valence-corrected chi connectivity index (χ1v) is 16.2. The Morgan fingerprint density at radius 2 is 1.74 bits per heavy atom. The zero-order valence-electron chi connectivity index (χ0n) is 26.1. The second-order valence-electron chi connectivity index (χ2n) is 15.1. The van der Waals surface area contributed by atoms with Gasteiger partial charge in [-0.05, 0) is 78.9 Å². The molecular formula is C34H52O8. The molecule has 0 amide bonds. The standard InChI is InChI=1S/C34H52O8/c1-19(2)20(3)7-8-21(4)23-9-10-25-31(23,5)13-12-26-32(6)14-11-22(17-33(32)15-16-34(25,26)42-41-33)39-30-29(38)28(37)27(36)24(18-35)40-30/h7-8,12,15-16,19-25,27-30,35-38H,9-11,13-14,17-18H2,1-6H3/b8-7+/t20-,21+,22-,23+,24+,25+,27+,28-,29?,30+,31+,32+,33+,34-/m0/s1. The maximum Gasteiger partial charge on any atom is 0.186 e. The minimum atomic E-state index is -1.47. The van der Waals surface area contributed by atoms with Gasteiger partial charge in [-0.15, -0.1) is 0 Å². The highest BCUT2D eigenvalue weighted by Gasteiger charge is 2.72. The summed E-state index contributed by atoms with van der Waals surface area (Å²) in [5.74, 6) is 2.61. The molecule has 236 valence electrons. The molecule has 2 spiro atoms. The van der Waals surface area contributed by atoms with Gasteiger partial charge >= 0.3 is 0 Å². The number of aliphatic hydroxyl groups excluding tert-OH is 4. The van der Waals surface area contributed by atoms with Crippen LogP contribution in [-0.2, 0) is 19.2 Å². The van der Waals surface area contributed by atoms with Gasteiger partial charge in [0.1, 0.15) is 35.6 Å². The monoisotopic (exact) mass is 588 g/mol. The summed E-state index contributed by atoms with van der Waals surface area (Å²) in [6.07, 6.45) is 10.4. The molecule has 7 rings (SSSR count). The third-order valence-corrected chi connectivity index (χ3v) is 12.6. The summed E-state index contributed by atoms with van der Waals surface area (Å²) in [7, 11) is 0. The van der Waals surface area contributed by atoms with Crippen molar-refractivity contribution in [3.63, 3.8) is 0 Å². The molecule has 7 aliphatic rings. The minimum Gasteiger partial charge on any atom is -0.394 e. The summed E-state index contributed by atoms with van der Waals surface area (Å²) >= 11 is 0. The van der Waals surface area contributed by atoms with E-state index in [-0.39, 0.29) is 16.9 Å². The molecule has 3 aliphatic heterocycles. The number of allylic oxidation sites excluding steroid dienone is 3. The molecule has 3 heterocycles. The summed E-state index contributed by atoms with van der Waals surface area (Å²) in [5, 5.41) is 40.5. The van der Waals surface area contributed by atoms with Crippen LogP contribution in [0, 0.1) is 40.4 Å². The van der Waals surface area contributed by atoms with E-state index in [0.29, 0.717) is 36.0 Å². The predicted molar refractivity (Wildman–Crippen MR) is 157 cm³/mol. The molecule has 8 heteroatoms. The third kappa shape index (κ3) is 4.38. The van der Waals surface area contributed by atoms with Crippen molar-refractivity contribution in [2.75, 3.05) is 6.61 Å². The summed E-state index contributed by atoms with van der Waals surface area (Å²) in [6, 6.07) is 0. The molecule has 42 heavy (non-hydrogen) atoms. The normalized spacial score (nSPS) is 51.3. The van der Waals surface area contributed by atoms with Crippen LogP contribution in [-0.4, -0.2) is 75.0 Å². The van der Waals surface area contributed by atoms with Crippen molar-refractivity contribution in [1.29, 1.82) is 0 Å². The topological polar surface area (TPSA) is 118 Å². The Morgan fingerprint density at radius 3 is 2.40 bits per heavy atom. The van der Waals surface area contributed by atoms with Crippen molar-refractivity contribution >= 4 is 0 Å². The molecular weight excluding hydrogens is 536 g/mol. The molecule has 1 unspecified atom stereocenters. The van der Waals surface area contributed by atoms with E-state index in [1.807, 2.05) is 0 Å². The quantitative estimate of drug-likeness (QED) is 0.258. The zero-order chi connectivity index (χ0) is 30.2. The van der Waals surface area contributed by atoms with Gasteiger partial charge in [0.2, 0.25) is 0 Å². The van der Waals surface area contributed by atoms with E-state index >= 15 is 0 Å². The Kier molecular flexibility index (Phi) is 7.92. The van der Waals surface area contributed by atoms with Crippen LogP contribution in [0.1, 0.15) is 80.1 Å². The Balaban J connectivity index is 1.22. The van der Waals surface area contributed by atoms with Crippen LogP contribution in [0.5, 0.6) is 0 Å². The lowest BCUT2D eigenvalue weighted by Gasteiger charge is -2.66. The second kappa shape index (κ2) is 10.8. The largest absolute Gasteiger partial charge is 0.394 e. The Labute approximate surface area is 250 Å². The van der Waals surface area contributed by atoms with E-state index in [0.717, 1.165) is 25.7 Å². The van der Waals surface area contributed by atoms with E-state index in [1.54, 1.807) is 0 Å². The van der Waals surface area contributed by atoms with Gasteiger partial charge in [0, 0.05) is 17.8 Å². The van der Waals surface area contributed by atoms with Crippen LogP contribution >= 0.6 is 0 Å². The van der Waals surface area contributed by atoms with Crippen molar-refractivity contribution in [3.8, 4) is 0 Å². The minimum absolute atomic E-state index is 0.110. The summed E-state index contributed by atoms with van der Waals surface area (Å²) in [4.78, 5) is 13.0. The smallest absolute Gasteiger partial charge is 0.186 e. The lowest BCUT2D eigenvalue weighted by molar-refractivity contribution is -0.457. The fourth-order valence-corrected chi connectivity index (χ4v) is 9.48. The average molecular weight is 589 g/mol. The van der Waals surface area contributed by atoms with E-state index in [4.69, 9.17) is 19.2 Å². The van der Waals surface area contributed by atoms with E-state index in [1.165, 1.54) is 12.0 Å². The first kappa shape index (κ1) is 30.9. The SMILES string of the molecule is CC(C)[C@@H](C)/C=C/[C@@H](C)[C@H]1CC[C@@H]2[C@]1(C)CC=C1[C@]23C=C[C@]2(C[C@@H](O[C@@H]4O[C@H](CO)[C@@H](O)[C@H](O)C4O)CC[C@]12C)OO3. The highest BCUT2D eigenvalue weighted by molar-refractivity contribution is 5.48. The highest BCUT2D eigenvalue weighted by atomic mass is 17.2. The second-order valence-corrected chi connectivity index (χ2v) is 15.1. The van der Waals surface area contributed by atoms with Crippen molar-refractivity contribution in [2.45, 2.75) is 128 Å². The van der Waals surface area contributed by atoms with Gasteiger partial charge < -0.3 is 29.9 Å². The highest BCUT2D eigenvalue weighted by Crippen LogP contribution is 2.71. The number of fused-ring (bicyclic) bond motifs is 2. The van der Waals surface area contributed by atoms with Crippen LogP contribution in [0.3, 0.4) is 0 Å². The molecule has 0 aromatic carbocycles. The summed E-state index contributed by atoms with van der Waals surface area (Å²) in [6.45, 7) is 13.5. The Bertz CT molecular complexity index is 1120. The predicted octanol–water partition coefficient (Wildman–Crippen LogP) is 4.22. The van der Waals surface area contributed by atoms with E-state index in [9.17, 15) is 20.4 Å². The third-order valence-electron chi connectivity index (χ3n) is 12.6. The summed E-state index contributed by atoms with van der Waals surface area (Å²) < 4.78 is 11.8. The van der Waals surface area contributed by atoms with Crippen LogP contribution in [0.15, 0.2) is 36.0 Å². The first-order chi connectivity index (χ1) is 19.8. The van der Waals surface area contributed by atoms with Crippen molar-refractivity contribution < 1.29 is 39.7 Å². The lowest BCUT2D eigenvalue weighted by atomic mass is 9.46. The van der Waals surface area contributed by atoms with E-state index < -0.39 is 48.5 Å². The molecule has 0 radical (unpaired) electrons. The average Bonchev–Trinajstić information content (AvgIpc) is 3.33. The maximum atomic E-state index is 10.5. The van der Waals surface area contributed by atoms with Crippen molar-refractivity contribution in [3.05, 3.63) is 36.0 Å². The zero-order valence-corrected chi connectivity index (χ0v) is 26.1. The van der Waals surface area contributed by atoms with Crippen molar-refractivity contribution in [2.24, 2.45) is 40.4 Å². The number of ether oxygens (including phenoxy) is 2. The molecule has 0 aromatic heterocycles. The Morgan fingerprint density at radius 1 is 0.976 bits per heavy atom. The molecule has 2 saturated carbocycles. The van der Waals surface area contributed by atoms with Crippen molar-refractivity contribution in [1.82, 2.24) is 0 Å². The molecule has 4 N–H and O–H groups in total. The molecule has 8 nitrogen and oxygen atoms in total. The fourth-order valence-electron chi connectivity index (χ4n) is 9.48. The number of hydrogen-bond acceptors (Lipinski definition) is 8. The molecule has 14 atom stereocenters. The van der Waals surface area contributed by atoms with Gasteiger partial charge in [-0.25, -0.2) is 9.78 Å². The van der Waals surface area contributed by atoms with Gasteiger partial charge in [-0.1, -0.05) is 59.8 Å². The number of rotatable bonds is 7. The van der Waals surface area contributed by atoms with Gasteiger partial charge in [0.25, 0.3) is 0 Å². The van der Waals surface area contributed by atoms with Gasteiger partial charge in [0.05, 0.1) is 12.7 Å². The van der Waals surface area contributed by atoms with Gasteiger partial charge in [-0.2, -0.15) is 0 Å². The number of aliphatic hydroxyl groups is 4. The fraction of sp³-hybridized carbons (Fsp3) is 0.824. The van der Waals surface area contributed by atoms with E-state index in [2.05, 4.69) is 71.9 Å². The van der Waals surface area contributed by atoms with Crippen LogP contribution in [0.4, 0.5) is 0 Å². The van der Waals surface area contributed by atoms with Crippen LogP contribution in [0.2, 0.25) is 0 Å². The number of hydrogen-bond donors (Lipinski definition) is 4. The Hall–Kier alpha value is -1.10.